The Balaban J connectivity index is 1.49. The third-order valence-electron chi connectivity index (χ3n) is 5.69. The van der Waals surface area contributed by atoms with Gasteiger partial charge in [-0.3, -0.25) is 4.79 Å². The number of ether oxygens (including phenoxy) is 1. The fourth-order valence-corrected chi connectivity index (χ4v) is 8.20. The van der Waals surface area contributed by atoms with Crippen LogP contribution in [-0.2, 0) is 35.8 Å². The smallest absolute Gasteiger partial charge is 0.310 e. The van der Waals surface area contributed by atoms with Crippen molar-refractivity contribution in [2.75, 3.05) is 13.2 Å². The molecule has 188 valence electrons. The van der Waals surface area contributed by atoms with E-state index in [1.807, 2.05) is 0 Å². The first-order chi connectivity index (χ1) is 17.1. The van der Waals surface area contributed by atoms with Crippen molar-refractivity contribution in [3.05, 3.63) is 83.5 Å². The molecule has 1 atom stereocenters. The van der Waals surface area contributed by atoms with Gasteiger partial charge in [-0.2, -0.15) is 4.31 Å². The lowest BCUT2D eigenvalue weighted by molar-refractivity contribution is -0.143. The number of nitrogens with zero attached hydrogens (tertiary/aromatic N) is 2. The van der Waals surface area contributed by atoms with E-state index >= 15 is 0 Å². The lowest BCUT2D eigenvalue weighted by Crippen LogP contribution is -2.38. The molecular formula is C24H21FN2O6S3. The minimum Gasteiger partial charge on any atom is -0.464 e. The molecule has 0 unspecified atom stereocenters. The van der Waals surface area contributed by atoms with E-state index in [-0.39, 0.29) is 38.6 Å². The Morgan fingerprint density at radius 2 is 1.81 bits per heavy atom. The largest absolute Gasteiger partial charge is 0.464 e. The van der Waals surface area contributed by atoms with Crippen LogP contribution in [0.25, 0.3) is 4.85 Å². The fourth-order valence-electron chi connectivity index (χ4n) is 3.87. The first-order valence-electron chi connectivity index (χ1n) is 10.9. The molecule has 1 aliphatic rings. The van der Waals surface area contributed by atoms with E-state index < -0.39 is 37.7 Å². The zero-order valence-corrected chi connectivity index (χ0v) is 21.3. The van der Waals surface area contributed by atoms with Gasteiger partial charge >= 0.3 is 5.97 Å². The summed E-state index contributed by atoms with van der Waals surface area (Å²) in [6, 6.07) is 12.7. The molecule has 0 radical (unpaired) electrons. The molecule has 0 amide bonds. The highest BCUT2D eigenvalue weighted by molar-refractivity contribution is 7.93. The Bertz CT molecular complexity index is 1530. The van der Waals surface area contributed by atoms with Gasteiger partial charge in [0.05, 0.1) is 28.8 Å². The zero-order chi connectivity index (χ0) is 25.9. The maximum atomic E-state index is 13.4. The molecule has 0 spiro atoms. The number of sulfonamides is 1. The Hall–Kier alpha value is -3.11. The third-order valence-corrected chi connectivity index (χ3v) is 10.9. The molecule has 0 aliphatic carbocycles. The molecular weight excluding hydrogens is 527 g/mol. The Kier molecular flexibility index (Phi) is 7.56. The third kappa shape index (κ3) is 5.49. The van der Waals surface area contributed by atoms with Crippen LogP contribution in [0.15, 0.2) is 74.7 Å². The van der Waals surface area contributed by atoms with Gasteiger partial charge in [0.2, 0.25) is 24.9 Å². The van der Waals surface area contributed by atoms with E-state index in [0.717, 1.165) is 17.4 Å². The number of hydrogen-bond acceptors (Lipinski definition) is 7. The highest BCUT2D eigenvalue weighted by atomic mass is 32.2. The molecule has 2 aromatic carbocycles. The maximum Gasteiger partial charge on any atom is 0.310 e. The molecule has 1 fully saturated rings. The van der Waals surface area contributed by atoms with Crippen molar-refractivity contribution in [3.63, 3.8) is 0 Å². The van der Waals surface area contributed by atoms with Crippen LogP contribution in [0, 0.1) is 12.4 Å². The molecule has 0 saturated carbocycles. The van der Waals surface area contributed by atoms with Crippen LogP contribution < -0.4 is 0 Å². The minimum absolute atomic E-state index is 0.0461. The quantitative estimate of drug-likeness (QED) is 0.309. The molecule has 1 aliphatic heterocycles. The number of benzene rings is 2. The average molecular weight is 549 g/mol. The van der Waals surface area contributed by atoms with E-state index in [9.17, 15) is 26.0 Å². The van der Waals surface area contributed by atoms with E-state index in [4.69, 9.17) is 11.3 Å². The summed E-state index contributed by atoms with van der Waals surface area (Å²) in [6.45, 7) is 7.09. The summed E-state index contributed by atoms with van der Waals surface area (Å²) < 4.78 is 72.3. The number of hydrogen-bond donors (Lipinski definition) is 0. The normalized spacial score (nSPS) is 16.5. The van der Waals surface area contributed by atoms with Crippen LogP contribution in [0.4, 0.5) is 9.39 Å². The minimum atomic E-state index is -4.07. The van der Waals surface area contributed by atoms with E-state index in [1.54, 1.807) is 0 Å². The second kappa shape index (κ2) is 10.5. The number of esters is 1. The summed E-state index contributed by atoms with van der Waals surface area (Å²) in [5.41, 5.74) is 0.574. The highest BCUT2D eigenvalue weighted by Gasteiger charge is 2.36. The van der Waals surface area contributed by atoms with Gasteiger partial charge < -0.3 is 4.74 Å². The summed E-state index contributed by atoms with van der Waals surface area (Å²) in [5, 5.41) is 0.214. The molecule has 0 N–H and O–H groups in total. The summed E-state index contributed by atoms with van der Waals surface area (Å²) >= 11 is 0.815. The average Bonchev–Trinajstić information content (AvgIpc) is 3.55. The van der Waals surface area contributed by atoms with Crippen molar-refractivity contribution in [1.82, 2.24) is 4.31 Å². The number of sulfone groups is 1. The fraction of sp³-hybridized carbons (Fsp3) is 0.250. The maximum absolute atomic E-state index is 13.4. The van der Waals surface area contributed by atoms with Crippen molar-refractivity contribution >= 4 is 42.2 Å². The molecule has 1 aromatic heterocycles. The number of carbonyl (C=O) groups excluding carboxylic acids is 1. The van der Waals surface area contributed by atoms with Crippen molar-refractivity contribution in [3.8, 4) is 0 Å². The highest BCUT2D eigenvalue weighted by Crippen LogP contribution is 2.34. The van der Waals surface area contributed by atoms with Gasteiger partial charge in [-0.05, 0) is 60.9 Å². The van der Waals surface area contributed by atoms with E-state index in [1.165, 1.54) is 58.9 Å². The van der Waals surface area contributed by atoms with Crippen LogP contribution in [0.3, 0.4) is 0 Å². The van der Waals surface area contributed by atoms with Crippen LogP contribution in [0.1, 0.15) is 18.4 Å². The van der Waals surface area contributed by atoms with Crippen LogP contribution in [0.2, 0.25) is 0 Å². The molecule has 0 bridgehead atoms. The van der Waals surface area contributed by atoms with Crippen LogP contribution in [0.5, 0.6) is 0 Å². The van der Waals surface area contributed by atoms with E-state index in [2.05, 4.69) is 4.85 Å². The summed E-state index contributed by atoms with van der Waals surface area (Å²) in [7, 11) is -8.08. The Morgan fingerprint density at radius 1 is 1.08 bits per heavy atom. The topological polar surface area (TPSA) is 102 Å². The summed E-state index contributed by atoms with van der Waals surface area (Å²) in [5.74, 6) is -0.979. The van der Waals surface area contributed by atoms with Crippen molar-refractivity contribution in [2.24, 2.45) is 0 Å². The lowest BCUT2D eigenvalue weighted by atomic mass is 10.1. The molecule has 4 rings (SSSR count). The lowest BCUT2D eigenvalue weighted by Gasteiger charge is -2.24. The monoisotopic (exact) mass is 548 g/mol. The van der Waals surface area contributed by atoms with Gasteiger partial charge in [-0.15, -0.1) is 11.3 Å². The molecule has 2 heterocycles. The number of rotatable bonds is 8. The standard InChI is InChI=1S/C24H21FN2O6S3/c1-26-22-11-12-24(34-22)35(29,30)20-5-2-6-21(15-20)36(31,32)27-13-3-4-19(27)16-33-23(28)14-17-7-9-18(25)10-8-17/h2,5-12,15,19H,3-4,13-14,16H2/t19-/m0/s1. The first kappa shape index (κ1) is 26.0. The second-order valence-electron chi connectivity index (χ2n) is 8.08. The summed E-state index contributed by atoms with van der Waals surface area (Å²) in [6.07, 6.45) is 0.971. The Morgan fingerprint density at radius 3 is 2.50 bits per heavy atom. The molecule has 36 heavy (non-hydrogen) atoms. The van der Waals surface area contributed by atoms with Gasteiger partial charge in [0.15, 0.2) is 0 Å². The predicted octanol–water partition coefficient (Wildman–Crippen LogP) is 4.21. The zero-order valence-electron chi connectivity index (χ0n) is 18.8. The molecule has 3 aromatic rings. The van der Waals surface area contributed by atoms with Gasteiger partial charge in [-0.1, -0.05) is 18.2 Å². The number of halogens is 1. The molecule has 1 saturated heterocycles. The SMILES string of the molecule is [C-]#[N+]c1ccc(S(=O)(=O)c2cccc(S(=O)(=O)N3CCC[C@H]3COC(=O)Cc3ccc(F)cc3)c2)s1. The van der Waals surface area contributed by atoms with Crippen molar-refractivity contribution in [2.45, 2.75) is 39.3 Å². The van der Waals surface area contributed by atoms with Crippen LogP contribution in [-0.4, -0.2) is 46.3 Å². The molecule has 8 nitrogen and oxygen atoms in total. The Labute approximate surface area is 212 Å². The van der Waals surface area contributed by atoms with E-state index in [0.29, 0.717) is 18.4 Å². The van der Waals surface area contributed by atoms with Gasteiger partial charge in [-0.25, -0.2) is 26.1 Å². The van der Waals surface area contributed by atoms with Gasteiger partial charge in [0, 0.05) is 6.54 Å². The predicted molar refractivity (Wildman–Crippen MR) is 130 cm³/mol. The number of thiophene rings is 1. The van der Waals surface area contributed by atoms with Crippen LogP contribution >= 0.6 is 11.3 Å². The first-order valence-corrected chi connectivity index (χ1v) is 14.6. The van der Waals surface area contributed by atoms with Crippen molar-refractivity contribution < 1.29 is 30.8 Å². The summed E-state index contributed by atoms with van der Waals surface area (Å²) in [4.78, 5) is 15.1. The number of carbonyl (C=O) groups is 1. The van der Waals surface area contributed by atoms with Crippen molar-refractivity contribution in [1.29, 1.82) is 0 Å². The molecule has 12 heteroatoms. The van der Waals surface area contributed by atoms with Gasteiger partial charge in [0.25, 0.3) is 0 Å². The second-order valence-corrected chi connectivity index (χ2v) is 13.2. The van der Waals surface area contributed by atoms with Gasteiger partial charge in [0.1, 0.15) is 16.6 Å².